The van der Waals surface area contributed by atoms with Crippen molar-refractivity contribution < 1.29 is 33.5 Å². The fourth-order valence-corrected chi connectivity index (χ4v) is 6.88. The molecule has 0 saturated heterocycles. The van der Waals surface area contributed by atoms with Gasteiger partial charge in [0.2, 0.25) is 5.91 Å². The minimum absolute atomic E-state index is 0.0407. The van der Waals surface area contributed by atoms with Crippen LogP contribution in [0, 0.1) is 0 Å². The molecular weight excluding hydrogens is 699 g/mol. The molecule has 0 aliphatic carbocycles. The van der Waals surface area contributed by atoms with Crippen LogP contribution < -0.4 is 11.1 Å². The van der Waals surface area contributed by atoms with Crippen LogP contribution in [0.25, 0.3) is 0 Å². The van der Waals surface area contributed by atoms with E-state index in [0.29, 0.717) is 12.8 Å². The van der Waals surface area contributed by atoms with Gasteiger partial charge in [0.15, 0.2) is 0 Å². The number of nitrogens with one attached hydrogen (secondary N) is 1. The van der Waals surface area contributed by atoms with Gasteiger partial charge >= 0.3 is 7.82 Å². The molecule has 0 saturated carbocycles. The summed E-state index contributed by atoms with van der Waals surface area (Å²) in [7, 11) is -4.41. The van der Waals surface area contributed by atoms with Gasteiger partial charge in [-0.1, -0.05) is 172 Å². The van der Waals surface area contributed by atoms with Crippen LogP contribution in [-0.4, -0.2) is 59.0 Å². The summed E-state index contributed by atoms with van der Waals surface area (Å²) in [4.78, 5) is 22.7. The summed E-state index contributed by atoms with van der Waals surface area (Å²) >= 11 is 0. The van der Waals surface area contributed by atoms with Crippen molar-refractivity contribution in [3.8, 4) is 0 Å². The normalized spacial score (nSPS) is 15.1. The van der Waals surface area contributed by atoms with Crippen molar-refractivity contribution >= 4 is 13.7 Å². The van der Waals surface area contributed by atoms with Crippen molar-refractivity contribution in [3.63, 3.8) is 0 Å². The number of nitrogens with two attached hydrogens (primary N) is 1. The van der Waals surface area contributed by atoms with Crippen LogP contribution in [0.3, 0.4) is 0 Å². The molecule has 0 aliphatic rings. The van der Waals surface area contributed by atoms with E-state index in [9.17, 15) is 24.5 Å². The highest BCUT2D eigenvalue weighted by Crippen LogP contribution is 2.43. The molecule has 1 amide bonds. The van der Waals surface area contributed by atoms with Gasteiger partial charge < -0.3 is 26.2 Å². The number of amides is 1. The Labute approximate surface area is 331 Å². The Kier molecular flexibility index (Phi) is 38.5. The van der Waals surface area contributed by atoms with Crippen LogP contribution in [0.1, 0.15) is 187 Å². The topological polar surface area (TPSA) is 151 Å². The first kappa shape index (κ1) is 52.4. The molecule has 0 fully saturated rings. The molecule has 0 aliphatic heterocycles. The van der Waals surface area contributed by atoms with Gasteiger partial charge in [-0.3, -0.25) is 13.8 Å². The molecule has 0 spiro atoms. The zero-order valence-corrected chi connectivity index (χ0v) is 35.5. The number of rotatable bonds is 40. The van der Waals surface area contributed by atoms with Crippen LogP contribution in [0.5, 0.6) is 0 Å². The number of hydrogen-bond acceptors (Lipinski definition) is 7. The third-order valence-corrected chi connectivity index (χ3v) is 10.4. The number of aliphatic hydroxyl groups excluding tert-OH is 2. The lowest BCUT2D eigenvalue weighted by atomic mass is 10.0. The van der Waals surface area contributed by atoms with Crippen molar-refractivity contribution in [2.75, 3.05) is 19.8 Å². The number of carbonyl (C=O) groups is 1. The molecule has 10 heteroatoms. The van der Waals surface area contributed by atoms with Crippen LogP contribution in [0.15, 0.2) is 48.6 Å². The standard InChI is InChI=1S/C44H83N2O7P/c1-3-5-7-9-11-13-15-17-18-19-20-21-22-24-26-28-30-32-34-36-43(48)42(40-53-54(50,51)52-38-37-45)46-44(49)39-41(47)35-33-31-29-27-25-23-16-14-12-10-8-6-4-2/h12,14,16,23,26,28,34,36,41-43,47-48H,3-11,13,15,17-22,24-25,27,29-33,35,37-40,45H2,1-2H3,(H,46,49)(H,50,51)/b14-12-,23-16-,28-26+,36-34+. The molecule has 0 aromatic rings. The van der Waals surface area contributed by atoms with Crippen molar-refractivity contribution in [3.05, 3.63) is 48.6 Å². The number of hydrogen-bond donors (Lipinski definition) is 5. The second-order valence-electron chi connectivity index (χ2n) is 14.8. The van der Waals surface area contributed by atoms with E-state index in [2.05, 4.69) is 55.6 Å². The highest BCUT2D eigenvalue weighted by atomic mass is 31.2. The van der Waals surface area contributed by atoms with E-state index in [1.807, 2.05) is 6.08 Å². The van der Waals surface area contributed by atoms with Gasteiger partial charge in [0, 0.05) is 6.54 Å². The summed E-state index contributed by atoms with van der Waals surface area (Å²) < 4.78 is 22.0. The van der Waals surface area contributed by atoms with Gasteiger partial charge in [-0.15, -0.1) is 0 Å². The maximum Gasteiger partial charge on any atom is 0.472 e. The number of carbonyl (C=O) groups excluding carboxylic acids is 1. The van der Waals surface area contributed by atoms with Crippen molar-refractivity contribution in [1.82, 2.24) is 5.32 Å². The summed E-state index contributed by atoms with van der Waals surface area (Å²) in [6, 6.07) is -1.01. The summed E-state index contributed by atoms with van der Waals surface area (Å²) in [5.41, 5.74) is 5.36. The van der Waals surface area contributed by atoms with Crippen LogP contribution in [-0.2, 0) is 18.4 Å². The molecule has 0 heterocycles. The van der Waals surface area contributed by atoms with E-state index >= 15 is 0 Å². The fraction of sp³-hybridized carbons (Fsp3) is 0.795. The predicted octanol–water partition coefficient (Wildman–Crippen LogP) is 11.1. The van der Waals surface area contributed by atoms with Gasteiger partial charge in [-0.25, -0.2) is 4.57 Å². The maximum atomic E-state index is 12.8. The van der Waals surface area contributed by atoms with Gasteiger partial charge in [0.1, 0.15) is 0 Å². The van der Waals surface area contributed by atoms with E-state index in [1.165, 1.54) is 103 Å². The van der Waals surface area contributed by atoms with E-state index in [0.717, 1.165) is 51.4 Å². The smallest absolute Gasteiger partial charge is 0.393 e. The molecule has 54 heavy (non-hydrogen) atoms. The highest BCUT2D eigenvalue weighted by molar-refractivity contribution is 7.47. The van der Waals surface area contributed by atoms with Crippen LogP contribution in [0.4, 0.5) is 0 Å². The minimum Gasteiger partial charge on any atom is -0.393 e. The second kappa shape index (κ2) is 39.6. The summed E-state index contributed by atoms with van der Waals surface area (Å²) in [6.45, 7) is 3.90. The quantitative estimate of drug-likeness (QED) is 0.0178. The molecule has 316 valence electrons. The SMILES string of the molecule is CCCCC/C=C\C=C/CCCCCCC(O)CC(=O)NC(COP(=O)(O)OCCN)C(O)/C=C/CC/C=C/CCCCCCCCCCCCCCC. The second-order valence-corrected chi connectivity index (χ2v) is 16.2. The molecule has 9 nitrogen and oxygen atoms in total. The van der Waals surface area contributed by atoms with Gasteiger partial charge in [0.25, 0.3) is 0 Å². The number of unbranched alkanes of at least 4 members (excludes halogenated alkanes) is 21. The monoisotopic (exact) mass is 783 g/mol. The Morgan fingerprint density at radius 1 is 0.648 bits per heavy atom. The van der Waals surface area contributed by atoms with Crippen molar-refractivity contribution in [1.29, 1.82) is 0 Å². The Morgan fingerprint density at radius 3 is 1.69 bits per heavy atom. The Hall–Kier alpha value is -1.58. The first-order valence-corrected chi connectivity index (χ1v) is 23.4. The Morgan fingerprint density at radius 2 is 1.11 bits per heavy atom. The minimum atomic E-state index is -4.41. The average molecular weight is 783 g/mol. The number of allylic oxidation sites excluding steroid dienone is 7. The number of phosphoric ester groups is 1. The lowest BCUT2D eigenvalue weighted by molar-refractivity contribution is -0.124. The number of phosphoric acid groups is 1. The zero-order valence-electron chi connectivity index (χ0n) is 34.6. The molecule has 0 bridgehead atoms. The number of aliphatic hydroxyl groups is 2. The van der Waals surface area contributed by atoms with Gasteiger partial charge in [-0.05, 0) is 57.8 Å². The third kappa shape index (κ3) is 37.3. The third-order valence-electron chi connectivity index (χ3n) is 9.46. The molecule has 0 aromatic carbocycles. The first-order chi connectivity index (χ1) is 26.3. The summed E-state index contributed by atoms with van der Waals surface area (Å²) in [5, 5.41) is 24.0. The first-order valence-electron chi connectivity index (χ1n) is 21.9. The molecular formula is C44H83N2O7P. The Balaban J connectivity index is 4.41. The van der Waals surface area contributed by atoms with E-state index in [1.54, 1.807) is 6.08 Å². The average Bonchev–Trinajstić information content (AvgIpc) is 3.15. The maximum absolute atomic E-state index is 12.8. The largest absolute Gasteiger partial charge is 0.472 e. The van der Waals surface area contributed by atoms with Gasteiger partial charge in [-0.2, -0.15) is 0 Å². The van der Waals surface area contributed by atoms with Gasteiger partial charge in [0.05, 0.1) is 37.9 Å². The van der Waals surface area contributed by atoms with Crippen molar-refractivity contribution in [2.24, 2.45) is 5.73 Å². The summed E-state index contributed by atoms with van der Waals surface area (Å²) in [5.74, 6) is -0.469. The molecule has 6 N–H and O–H groups in total. The molecule has 4 atom stereocenters. The molecule has 0 radical (unpaired) electrons. The van der Waals surface area contributed by atoms with E-state index in [-0.39, 0.29) is 19.6 Å². The highest BCUT2D eigenvalue weighted by Gasteiger charge is 2.27. The molecule has 4 unspecified atom stereocenters. The molecule has 0 rings (SSSR count). The van der Waals surface area contributed by atoms with Crippen LogP contribution >= 0.6 is 7.82 Å². The lowest BCUT2D eigenvalue weighted by Crippen LogP contribution is -2.46. The van der Waals surface area contributed by atoms with Crippen LogP contribution in [0.2, 0.25) is 0 Å². The van der Waals surface area contributed by atoms with E-state index in [4.69, 9.17) is 14.8 Å². The zero-order chi connectivity index (χ0) is 39.8. The summed E-state index contributed by atoms with van der Waals surface area (Å²) in [6.07, 6.45) is 44.8. The molecule has 0 aromatic heterocycles. The fourth-order valence-electron chi connectivity index (χ4n) is 6.12. The lowest BCUT2D eigenvalue weighted by Gasteiger charge is -2.24. The Bertz CT molecular complexity index is 1000. The van der Waals surface area contributed by atoms with Crippen molar-refractivity contribution in [2.45, 2.75) is 205 Å². The van der Waals surface area contributed by atoms with E-state index < -0.39 is 38.6 Å². The predicted molar refractivity (Wildman–Crippen MR) is 227 cm³/mol.